The first-order valence-corrected chi connectivity index (χ1v) is 3.86. The van der Waals surface area contributed by atoms with Crippen molar-refractivity contribution in [2.24, 2.45) is 0 Å². The maximum absolute atomic E-state index is 11.1. The van der Waals surface area contributed by atoms with Crippen LogP contribution in [0.5, 0.6) is 0 Å². The topological polar surface area (TPSA) is 57.5 Å². The number of ketones is 1. The highest BCUT2D eigenvalue weighted by Crippen LogP contribution is 2.13. The molecule has 0 aliphatic carbocycles. The average molecular weight is 160 g/mol. The molecule has 0 bridgehead atoms. The van der Waals surface area contributed by atoms with Crippen molar-refractivity contribution in [3.8, 4) is 0 Å². The summed E-state index contributed by atoms with van der Waals surface area (Å²) in [5.74, 6) is -0.296. The molecule has 0 aromatic rings. The monoisotopic (exact) mass is 160 g/mol. The largest absolute Gasteiger partial charge is 0.390 e. The van der Waals surface area contributed by atoms with Crippen molar-refractivity contribution in [3.05, 3.63) is 0 Å². The van der Waals surface area contributed by atoms with E-state index in [1.54, 1.807) is 0 Å². The van der Waals surface area contributed by atoms with Crippen LogP contribution in [-0.2, 0) is 4.79 Å². The lowest BCUT2D eigenvalue weighted by molar-refractivity contribution is -0.146. The van der Waals surface area contributed by atoms with E-state index in [1.165, 1.54) is 13.8 Å². The van der Waals surface area contributed by atoms with E-state index in [0.717, 1.165) is 0 Å². The molecule has 0 aromatic carbocycles. The van der Waals surface area contributed by atoms with Crippen LogP contribution in [0, 0.1) is 0 Å². The molecule has 3 heteroatoms. The molecule has 0 aromatic heterocycles. The minimum Gasteiger partial charge on any atom is -0.390 e. The Hall–Kier alpha value is -0.410. The van der Waals surface area contributed by atoms with E-state index in [-0.39, 0.29) is 5.78 Å². The van der Waals surface area contributed by atoms with E-state index in [2.05, 4.69) is 0 Å². The lowest BCUT2D eigenvalue weighted by Crippen LogP contribution is -2.45. The number of carbonyl (C=O) groups excluding carboxylic acids is 1. The number of hydrogen-bond donors (Lipinski definition) is 2. The van der Waals surface area contributed by atoms with Gasteiger partial charge in [-0.05, 0) is 20.3 Å². The molecule has 66 valence electrons. The number of rotatable bonds is 4. The predicted molar refractivity (Wildman–Crippen MR) is 42.2 cm³/mol. The van der Waals surface area contributed by atoms with Gasteiger partial charge in [-0.3, -0.25) is 4.79 Å². The van der Waals surface area contributed by atoms with E-state index in [0.29, 0.717) is 12.8 Å². The van der Waals surface area contributed by atoms with Crippen LogP contribution in [0.15, 0.2) is 0 Å². The van der Waals surface area contributed by atoms with E-state index < -0.39 is 11.7 Å². The molecule has 2 N–H and O–H groups in total. The smallest absolute Gasteiger partial charge is 0.166 e. The SMILES string of the molecule is CCCC(=O)C(C)(O)C(C)O. The number of aliphatic hydroxyl groups is 2. The number of aliphatic hydroxyl groups excluding tert-OH is 1. The molecule has 0 rings (SSSR count). The summed E-state index contributed by atoms with van der Waals surface area (Å²) >= 11 is 0. The van der Waals surface area contributed by atoms with Crippen molar-refractivity contribution in [2.45, 2.75) is 45.3 Å². The van der Waals surface area contributed by atoms with Crippen LogP contribution < -0.4 is 0 Å². The second kappa shape index (κ2) is 3.83. The third-order valence-electron chi connectivity index (χ3n) is 1.86. The summed E-state index contributed by atoms with van der Waals surface area (Å²) in [5.41, 5.74) is -1.57. The van der Waals surface area contributed by atoms with Crippen molar-refractivity contribution < 1.29 is 15.0 Å². The highest BCUT2D eigenvalue weighted by Gasteiger charge is 2.33. The maximum atomic E-state index is 11.1. The Morgan fingerprint density at radius 1 is 1.64 bits per heavy atom. The highest BCUT2D eigenvalue weighted by molar-refractivity contribution is 5.87. The number of hydrogen-bond acceptors (Lipinski definition) is 3. The van der Waals surface area contributed by atoms with Gasteiger partial charge in [0.1, 0.15) is 5.60 Å². The van der Waals surface area contributed by atoms with Crippen LogP contribution in [-0.4, -0.2) is 27.7 Å². The highest BCUT2D eigenvalue weighted by atomic mass is 16.3. The van der Waals surface area contributed by atoms with Gasteiger partial charge in [0.25, 0.3) is 0 Å². The van der Waals surface area contributed by atoms with Gasteiger partial charge in [0.05, 0.1) is 6.10 Å². The van der Waals surface area contributed by atoms with Crippen LogP contribution in [0.4, 0.5) is 0 Å². The fourth-order valence-corrected chi connectivity index (χ4v) is 0.713. The Labute approximate surface area is 67.0 Å². The molecule has 0 saturated carbocycles. The van der Waals surface area contributed by atoms with E-state index in [9.17, 15) is 9.90 Å². The van der Waals surface area contributed by atoms with Gasteiger partial charge in [-0.15, -0.1) is 0 Å². The van der Waals surface area contributed by atoms with Gasteiger partial charge in [-0.1, -0.05) is 6.92 Å². The second-order valence-electron chi connectivity index (χ2n) is 3.00. The predicted octanol–water partition coefficient (Wildman–Crippen LogP) is 0.487. The van der Waals surface area contributed by atoms with Crippen LogP contribution in [0.25, 0.3) is 0 Å². The zero-order valence-corrected chi connectivity index (χ0v) is 7.29. The van der Waals surface area contributed by atoms with Gasteiger partial charge in [-0.2, -0.15) is 0 Å². The van der Waals surface area contributed by atoms with Gasteiger partial charge < -0.3 is 10.2 Å². The molecule has 0 heterocycles. The Kier molecular flexibility index (Phi) is 3.69. The van der Waals surface area contributed by atoms with Crippen molar-refractivity contribution in [1.82, 2.24) is 0 Å². The first kappa shape index (κ1) is 10.6. The molecule has 0 saturated heterocycles. The van der Waals surface area contributed by atoms with Gasteiger partial charge in [-0.25, -0.2) is 0 Å². The minimum atomic E-state index is -1.57. The quantitative estimate of drug-likeness (QED) is 0.629. The zero-order valence-electron chi connectivity index (χ0n) is 7.29. The Morgan fingerprint density at radius 3 is 2.36 bits per heavy atom. The Balaban J connectivity index is 4.18. The summed E-state index contributed by atoms with van der Waals surface area (Å²) in [6.45, 7) is 4.61. The molecule has 0 spiro atoms. The Morgan fingerprint density at radius 2 is 2.09 bits per heavy atom. The van der Waals surface area contributed by atoms with Crippen molar-refractivity contribution in [2.75, 3.05) is 0 Å². The van der Waals surface area contributed by atoms with E-state index >= 15 is 0 Å². The fraction of sp³-hybridized carbons (Fsp3) is 0.875. The molecule has 0 amide bonds. The van der Waals surface area contributed by atoms with Gasteiger partial charge in [0.15, 0.2) is 5.78 Å². The van der Waals surface area contributed by atoms with Crippen LogP contribution in [0.1, 0.15) is 33.6 Å². The van der Waals surface area contributed by atoms with Gasteiger partial charge in [0.2, 0.25) is 0 Å². The number of carbonyl (C=O) groups is 1. The average Bonchev–Trinajstić information content (AvgIpc) is 1.88. The first-order chi connectivity index (χ1) is 4.92. The minimum absolute atomic E-state index is 0.296. The molecule has 2 atom stereocenters. The molecule has 0 aliphatic heterocycles. The third kappa shape index (κ3) is 2.60. The van der Waals surface area contributed by atoms with Crippen LogP contribution >= 0.6 is 0 Å². The fourth-order valence-electron chi connectivity index (χ4n) is 0.713. The normalized spacial score (nSPS) is 19.0. The van der Waals surface area contributed by atoms with Crippen molar-refractivity contribution in [3.63, 3.8) is 0 Å². The van der Waals surface area contributed by atoms with E-state index in [4.69, 9.17) is 5.11 Å². The third-order valence-corrected chi connectivity index (χ3v) is 1.86. The summed E-state index contributed by atoms with van der Waals surface area (Å²) in [7, 11) is 0. The molecule has 0 fully saturated rings. The summed E-state index contributed by atoms with van der Waals surface area (Å²) in [5, 5.41) is 18.4. The van der Waals surface area contributed by atoms with Gasteiger partial charge in [0, 0.05) is 6.42 Å². The van der Waals surface area contributed by atoms with Crippen molar-refractivity contribution >= 4 is 5.78 Å². The molecule has 0 radical (unpaired) electrons. The molecule has 0 aliphatic rings. The summed E-state index contributed by atoms with van der Waals surface area (Å²) in [6.07, 6.45) is 0.0149. The summed E-state index contributed by atoms with van der Waals surface area (Å²) in [4.78, 5) is 11.1. The molecule has 11 heavy (non-hydrogen) atoms. The van der Waals surface area contributed by atoms with Crippen molar-refractivity contribution in [1.29, 1.82) is 0 Å². The lowest BCUT2D eigenvalue weighted by Gasteiger charge is -2.24. The lowest BCUT2D eigenvalue weighted by atomic mass is 9.92. The Bertz CT molecular complexity index is 138. The van der Waals surface area contributed by atoms with E-state index in [1.807, 2.05) is 6.92 Å². The zero-order chi connectivity index (χ0) is 9.07. The summed E-state index contributed by atoms with van der Waals surface area (Å²) in [6, 6.07) is 0. The summed E-state index contributed by atoms with van der Waals surface area (Å²) < 4.78 is 0. The standard InChI is InChI=1S/C8H16O3/c1-4-5-7(10)8(3,11)6(2)9/h6,9,11H,4-5H2,1-3H3. The van der Waals surface area contributed by atoms with Crippen LogP contribution in [0.2, 0.25) is 0 Å². The molecular formula is C8H16O3. The maximum Gasteiger partial charge on any atom is 0.166 e. The molecule has 2 unspecified atom stereocenters. The second-order valence-corrected chi connectivity index (χ2v) is 3.00. The van der Waals surface area contributed by atoms with Gasteiger partial charge >= 0.3 is 0 Å². The number of Topliss-reactive ketones (excluding diaryl/α,β-unsaturated/α-hetero) is 1. The van der Waals surface area contributed by atoms with Crippen LogP contribution in [0.3, 0.4) is 0 Å². The molecular weight excluding hydrogens is 144 g/mol. The first-order valence-electron chi connectivity index (χ1n) is 3.86. The molecule has 3 nitrogen and oxygen atoms in total.